The van der Waals surface area contributed by atoms with Crippen molar-refractivity contribution >= 4 is 11.4 Å². The molecule has 0 unspecified atom stereocenters. The molecule has 1 fully saturated rings. The van der Waals surface area contributed by atoms with E-state index in [0.29, 0.717) is 0 Å². The van der Waals surface area contributed by atoms with Crippen molar-refractivity contribution in [2.45, 2.75) is 20.3 Å². The van der Waals surface area contributed by atoms with Gasteiger partial charge in [0.05, 0.1) is 11.4 Å². The third kappa shape index (κ3) is 5.14. The molecule has 1 aliphatic heterocycles. The summed E-state index contributed by atoms with van der Waals surface area (Å²) in [7, 11) is 0. The van der Waals surface area contributed by atoms with Crippen molar-refractivity contribution in [1.29, 1.82) is 0 Å². The third-order valence-electron chi connectivity index (χ3n) is 2.93. The first-order chi connectivity index (χ1) is 8.15. The van der Waals surface area contributed by atoms with Crippen molar-refractivity contribution in [1.82, 2.24) is 9.80 Å². The van der Waals surface area contributed by atoms with Gasteiger partial charge < -0.3 is 10.4 Å². The monoisotopic (exact) mass is 242 g/mol. The van der Waals surface area contributed by atoms with Crippen LogP contribution >= 0.6 is 0 Å². The largest absolute Gasteiger partial charge is 0.411 e. The first-order valence-corrected chi connectivity index (χ1v) is 5.95. The Morgan fingerprint density at radius 3 is 1.65 bits per heavy atom. The van der Waals surface area contributed by atoms with Crippen molar-refractivity contribution in [2.24, 2.45) is 10.3 Å². The van der Waals surface area contributed by atoms with Crippen molar-refractivity contribution in [3.63, 3.8) is 0 Å². The molecular weight excluding hydrogens is 220 g/mol. The van der Waals surface area contributed by atoms with Crippen LogP contribution < -0.4 is 0 Å². The van der Waals surface area contributed by atoms with E-state index in [-0.39, 0.29) is 0 Å². The van der Waals surface area contributed by atoms with Gasteiger partial charge in [-0.15, -0.1) is 0 Å². The minimum atomic E-state index is 0.720. The van der Waals surface area contributed by atoms with Crippen LogP contribution in [0.25, 0.3) is 0 Å². The standard InChI is InChI=1S/C11H22N4O2/c1-10(12-16)8-14-4-3-5-15(7-6-14)9-11(2)13-17/h16-17H,3-9H2,1-2H3. The minimum Gasteiger partial charge on any atom is -0.411 e. The average molecular weight is 242 g/mol. The Labute approximate surface area is 102 Å². The van der Waals surface area contributed by atoms with Crippen LogP contribution in [0.15, 0.2) is 10.3 Å². The Hall–Kier alpha value is -1.14. The Balaban J connectivity index is 2.39. The predicted molar refractivity (Wildman–Crippen MR) is 67.3 cm³/mol. The Bertz CT molecular complexity index is 263. The fourth-order valence-electron chi connectivity index (χ4n) is 2.05. The molecule has 0 aromatic heterocycles. The zero-order chi connectivity index (χ0) is 12.7. The van der Waals surface area contributed by atoms with Crippen molar-refractivity contribution in [2.75, 3.05) is 39.3 Å². The molecule has 0 aliphatic carbocycles. The highest BCUT2D eigenvalue weighted by Crippen LogP contribution is 2.03. The Morgan fingerprint density at radius 2 is 1.29 bits per heavy atom. The molecule has 98 valence electrons. The summed E-state index contributed by atoms with van der Waals surface area (Å²) in [6.45, 7) is 9.01. The van der Waals surface area contributed by atoms with Gasteiger partial charge in [-0.25, -0.2) is 0 Å². The van der Waals surface area contributed by atoms with Gasteiger partial charge in [0.1, 0.15) is 0 Å². The lowest BCUT2D eigenvalue weighted by atomic mass is 10.3. The molecule has 0 saturated carbocycles. The van der Waals surface area contributed by atoms with E-state index < -0.39 is 0 Å². The Kier molecular flexibility index (Phi) is 5.93. The number of rotatable bonds is 4. The van der Waals surface area contributed by atoms with E-state index in [9.17, 15) is 0 Å². The van der Waals surface area contributed by atoms with Crippen LogP contribution in [0.3, 0.4) is 0 Å². The molecule has 0 amide bonds. The van der Waals surface area contributed by atoms with E-state index >= 15 is 0 Å². The van der Waals surface area contributed by atoms with Crippen LogP contribution in [0, 0.1) is 0 Å². The third-order valence-corrected chi connectivity index (χ3v) is 2.93. The van der Waals surface area contributed by atoms with Crippen LogP contribution in [-0.4, -0.2) is 70.9 Å². The summed E-state index contributed by atoms with van der Waals surface area (Å²) in [5.74, 6) is 0. The van der Waals surface area contributed by atoms with Gasteiger partial charge in [0, 0.05) is 26.2 Å². The summed E-state index contributed by atoms with van der Waals surface area (Å²) in [5.41, 5.74) is 1.48. The molecule has 6 heteroatoms. The van der Waals surface area contributed by atoms with Gasteiger partial charge in [-0.2, -0.15) is 0 Å². The second-order valence-electron chi connectivity index (χ2n) is 4.58. The lowest BCUT2D eigenvalue weighted by Crippen LogP contribution is -2.35. The molecule has 17 heavy (non-hydrogen) atoms. The fourth-order valence-corrected chi connectivity index (χ4v) is 2.05. The van der Waals surface area contributed by atoms with Crippen LogP contribution in [0.5, 0.6) is 0 Å². The van der Waals surface area contributed by atoms with E-state index in [1.807, 2.05) is 13.8 Å². The lowest BCUT2D eigenvalue weighted by molar-refractivity contribution is 0.280. The smallest absolute Gasteiger partial charge is 0.0679 e. The molecule has 6 nitrogen and oxygen atoms in total. The molecule has 1 heterocycles. The summed E-state index contributed by atoms with van der Waals surface area (Å²) in [4.78, 5) is 4.56. The molecule has 0 atom stereocenters. The molecule has 0 spiro atoms. The minimum absolute atomic E-state index is 0.720. The zero-order valence-electron chi connectivity index (χ0n) is 10.6. The summed E-state index contributed by atoms with van der Waals surface area (Å²) in [6, 6.07) is 0. The molecule has 0 aromatic rings. The van der Waals surface area contributed by atoms with Crippen molar-refractivity contribution in [3.8, 4) is 0 Å². The molecule has 1 saturated heterocycles. The van der Waals surface area contributed by atoms with Gasteiger partial charge >= 0.3 is 0 Å². The number of nitrogens with zero attached hydrogens (tertiary/aromatic N) is 4. The van der Waals surface area contributed by atoms with Crippen LogP contribution in [-0.2, 0) is 0 Å². The maximum atomic E-state index is 8.65. The van der Waals surface area contributed by atoms with Crippen molar-refractivity contribution < 1.29 is 10.4 Å². The summed E-state index contributed by atoms with van der Waals surface area (Å²) in [5, 5.41) is 23.7. The van der Waals surface area contributed by atoms with Crippen LogP contribution in [0.2, 0.25) is 0 Å². The predicted octanol–water partition coefficient (Wildman–Crippen LogP) is 0.694. The van der Waals surface area contributed by atoms with Crippen LogP contribution in [0.4, 0.5) is 0 Å². The van der Waals surface area contributed by atoms with Gasteiger partial charge in [-0.1, -0.05) is 10.3 Å². The van der Waals surface area contributed by atoms with Gasteiger partial charge in [-0.3, -0.25) is 9.80 Å². The van der Waals surface area contributed by atoms with Gasteiger partial charge in [0.2, 0.25) is 0 Å². The maximum Gasteiger partial charge on any atom is 0.0679 e. The quantitative estimate of drug-likeness (QED) is 0.432. The van der Waals surface area contributed by atoms with Gasteiger partial charge in [0.25, 0.3) is 0 Å². The highest BCUT2D eigenvalue weighted by Gasteiger charge is 2.15. The van der Waals surface area contributed by atoms with Gasteiger partial charge in [-0.05, 0) is 33.4 Å². The van der Waals surface area contributed by atoms with Gasteiger partial charge in [0.15, 0.2) is 0 Å². The highest BCUT2D eigenvalue weighted by atomic mass is 16.4. The lowest BCUT2D eigenvalue weighted by Gasteiger charge is -2.20. The van der Waals surface area contributed by atoms with E-state index in [0.717, 1.165) is 57.1 Å². The van der Waals surface area contributed by atoms with E-state index in [1.54, 1.807) is 0 Å². The molecule has 2 N–H and O–H groups in total. The fraction of sp³-hybridized carbons (Fsp3) is 0.818. The first kappa shape index (κ1) is 13.9. The second-order valence-corrected chi connectivity index (χ2v) is 4.58. The Morgan fingerprint density at radius 1 is 0.882 bits per heavy atom. The molecular formula is C11H22N4O2. The molecule has 0 bridgehead atoms. The molecule has 0 aromatic carbocycles. The normalized spacial score (nSPS) is 21.5. The van der Waals surface area contributed by atoms with Crippen molar-refractivity contribution in [3.05, 3.63) is 0 Å². The topological polar surface area (TPSA) is 71.7 Å². The second kappa shape index (κ2) is 7.24. The SMILES string of the molecule is CC(CN1CCCN(CC(C)=NO)CC1)=NO. The van der Waals surface area contributed by atoms with E-state index in [2.05, 4.69) is 20.1 Å². The molecule has 1 rings (SSSR count). The summed E-state index contributed by atoms with van der Waals surface area (Å²) >= 11 is 0. The zero-order valence-corrected chi connectivity index (χ0v) is 10.6. The van der Waals surface area contributed by atoms with E-state index in [1.165, 1.54) is 0 Å². The first-order valence-electron chi connectivity index (χ1n) is 5.95. The maximum absolute atomic E-state index is 8.65. The number of oxime groups is 2. The average Bonchev–Trinajstić information content (AvgIpc) is 2.54. The number of hydrogen-bond acceptors (Lipinski definition) is 6. The van der Waals surface area contributed by atoms with Crippen LogP contribution in [0.1, 0.15) is 20.3 Å². The molecule has 0 radical (unpaired) electrons. The summed E-state index contributed by atoms with van der Waals surface area (Å²) < 4.78 is 0. The van der Waals surface area contributed by atoms with E-state index in [4.69, 9.17) is 10.4 Å². The highest BCUT2D eigenvalue weighted by molar-refractivity contribution is 5.83. The summed E-state index contributed by atoms with van der Waals surface area (Å²) in [6.07, 6.45) is 1.08. The number of hydrogen-bond donors (Lipinski definition) is 2. The molecule has 1 aliphatic rings.